The third-order valence-electron chi connectivity index (χ3n) is 7.35. The molecule has 0 saturated heterocycles. The highest BCUT2D eigenvalue weighted by molar-refractivity contribution is 7.99. The topological polar surface area (TPSA) is 61.6 Å². The number of carbonyl (C=O) groups is 1. The molecular weight excluding hydrogens is 580 g/mol. The maximum Gasteiger partial charge on any atom is 0.255 e. The van der Waals surface area contributed by atoms with Crippen molar-refractivity contribution in [3.05, 3.63) is 95.8 Å². The molecule has 43 heavy (non-hydrogen) atoms. The fourth-order valence-corrected chi connectivity index (χ4v) is 6.63. The van der Waals surface area contributed by atoms with E-state index in [9.17, 15) is 9.18 Å². The van der Waals surface area contributed by atoms with Crippen LogP contribution in [0.1, 0.15) is 15.9 Å². The molecule has 2 aromatic heterocycles. The molecule has 6 aromatic rings. The Labute approximate surface area is 258 Å². The summed E-state index contributed by atoms with van der Waals surface area (Å²) in [6.45, 7) is 0.877. The smallest absolute Gasteiger partial charge is 0.255 e. The summed E-state index contributed by atoms with van der Waals surface area (Å²) in [6.07, 6.45) is 2.01. The van der Waals surface area contributed by atoms with Crippen molar-refractivity contribution in [3.63, 3.8) is 0 Å². The van der Waals surface area contributed by atoms with E-state index in [1.165, 1.54) is 17.7 Å². The van der Waals surface area contributed by atoms with Crippen LogP contribution < -0.4 is 9.62 Å². The number of hydrogen-bond donors (Lipinski definition) is 1. The van der Waals surface area contributed by atoms with Crippen molar-refractivity contribution in [3.8, 4) is 33.0 Å². The maximum absolute atomic E-state index is 13.7. The Bertz CT molecular complexity index is 1960. The van der Waals surface area contributed by atoms with Crippen molar-refractivity contribution in [2.24, 2.45) is 0 Å². The number of amides is 1. The monoisotopic (exact) mass is 610 g/mol. The van der Waals surface area contributed by atoms with Crippen LogP contribution in [0.2, 0.25) is 0 Å². The van der Waals surface area contributed by atoms with Gasteiger partial charge in [-0.3, -0.25) is 4.79 Å². The molecule has 0 spiro atoms. The van der Waals surface area contributed by atoms with E-state index in [-0.39, 0.29) is 11.7 Å². The van der Waals surface area contributed by atoms with Gasteiger partial charge in [-0.25, -0.2) is 9.37 Å². The van der Waals surface area contributed by atoms with Crippen molar-refractivity contribution in [2.75, 3.05) is 38.8 Å². The number of halogens is 1. The molecule has 6 rings (SSSR count). The first-order valence-electron chi connectivity index (χ1n) is 13.8. The molecule has 0 radical (unpaired) electrons. The highest BCUT2D eigenvalue weighted by atomic mass is 32.2. The zero-order chi connectivity index (χ0) is 30.2. The molecule has 0 aliphatic rings. The molecule has 9 heteroatoms. The standard InChI is InChI=1S/C34H31FN4O2S2/c1-36-33(40)31-26-17-25(28(39(4)42-5)18-29(26)41-32(31)21-10-12-24(35)13-11-21)22-7-6-8-23(16-22)34-37-27-14-9-20(19-38(2)3)15-30(27)43-34/h6-18H,19H2,1-5H3,(H,36,40). The Kier molecular flexibility index (Phi) is 7.96. The number of benzene rings is 4. The van der Waals surface area contributed by atoms with E-state index in [4.69, 9.17) is 9.40 Å². The van der Waals surface area contributed by atoms with Gasteiger partial charge in [-0.1, -0.05) is 36.2 Å². The van der Waals surface area contributed by atoms with Crippen molar-refractivity contribution < 1.29 is 13.6 Å². The lowest BCUT2D eigenvalue weighted by Gasteiger charge is -2.20. The molecule has 0 bridgehead atoms. The van der Waals surface area contributed by atoms with Crippen LogP contribution in [-0.2, 0) is 6.54 Å². The fourth-order valence-electron chi connectivity index (χ4n) is 5.25. The number of hydrogen-bond acceptors (Lipinski definition) is 7. The second-order valence-corrected chi connectivity index (χ2v) is 12.5. The molecule has 0 saturated carbocycles. The largest absolute Gasteiger partial charge is 0.455 e. The summed E-state index contributed by atoms with van der Waals surface area (Å²) in [5.74, 6) is -0.220. The number of aromatic nitrogens is 1. The van der Waals surface area contributed by atoms with Crippen LogP contribution in [-0.4, -0.2) is 50.2 Å². The minimum atomic E-state index is -0.352. The molecule has 2 heterocycles. The fraction of sp³-hybridized carbons (Fsp3) is 0.176. The van der Waals surface area contributed by atoms with Gasteiger partial charge >= 0.3 is 0 Å². The zero-order valence-corrected chi connectivity index (χ0v) is 26.2. The number of nitrogens with one attached hydrogen (secondary N) is 1. The van der Waals surface area contributed by atoms with Gasteiger partial charge in [-0.2, -0.15) is 0 Å². The normalized spacial score (nSPS) is 11.5. The highest BCUT2D eigenvalue weighted by Crippen LogP contribution is 2.43. The number of thiazole rings is 1. The Morgan fingerprint density at radius 3 is 2.47 bits per heavy atom. The molecule has 0 unspecified atom stereocenters. The van der Waals surface area contributed by atoms with E-state index in [1.54, 1.807) is 42.5 Å². The van der Waals surface area contributed by atoms with Gasteiger partial charge in [-0.05, 0) is 73.8 Å². The van der Waals surface area contributed by atoms with Crippen LogP contribution in [0, 0.1) is 5.82 Å². The van der Waals surface area contributed by atoms with E-state index in [0.29, 0.717) is 27.9 Å². The van der Waals surface area contributed by atoms with Crippen LogP contribution in [0.25, 0.3) is 54.2 Å². The van der Waals surface area contributed by atoms with Gasteiger partial charge in [0.05, 0.1) is 21.5 Å². The number of anilines is 1. The number of furan rings is 1. The Morgan fingerprint density at radius 1 is 0.977 bits per heavy atom. The highest BCUT2D eigenvalue weighted by Gasteiger charge is 2.24. The molecule has 1 N–H and O–H groups in total. The van der Waals surface area contributed by atoms with Gasteiger partial charge in [0, 0.05) is 55.0 Å². The summed E-state index contributed by atoms with van der Waals surface area (Å²) in [5.41, 5.74) is 7.78. The molecule has 0 atom stereocenters. The van der Waals surface area contributed by atoms with Gasteiger partial charge < -0.3 is 18.9 Å². The third-order valence-corrected chi connectivity index (χ3v) is 9.16. The second kappa shape index (κ2) is 11.8. The van der Waals surface area contributed by atoms with E-state index in [1.807, 2.05) is 31.5 Å². The van der Waals surface area contributed by atoms with Gasteiger partial charge in [0.1, 0.15) is 22.2 Å². The predicted octanol–water partition coefficient (Wildman–Crippen LogP) is 8.32. The molecule has 0 aliphatic heterocycles. The molecule has 0 fully saturated rings. The van der Waals surface area contributed by atoms with Gasteiger partial charge in [0.15, 0.2) is 0 Å². The number of fused-ring (bicyclic) bond motifs is 2. The minimum absolute atomic E-state index is 0.271. The van der Waals surface area contributed by atoms with Gasteiger partial charge in [0.2, 0.25) is 0 Å². The minimum Gasteiger partial charge on any atom is -0.455 e. The van der Waals surface area contributed by atoms with Crippen molar-refractivity contribution in [1.82, 2.24) is 15.2 Å². The Morgan fingerprint density at radius 2 is 1.74 bits per heavy atom. The van der Waals surface area contributed by atoms with Crippen molar-refractivity contribution >= 4 is 56.1 Å². The van der Waals surface area contributed by atoms with E-state index < -0.39 is 0 Å². The first kappa shape index (κ1) is 28.9. The Balaban J connectivity index is 1.50. The summed E-state index contributed by atoms with van der Waals surface area (Å²) in [4.78, 5) is 20.3. The van der Waals surface area contributed by atoms with Crippen molar-refractivity contribution in [1.29, 1.82) is 0 Å². The molecule has 0 aliphatic carbocycles. The molecule has 218 valence electrons. The molecule has 4 aromatic carbocycles. The summed E-state index contributed by atoms with van der Waals surface area (Å²) in [5, 5.41) is 4.39. The number of nitrogens with zero attached hydrogens (tertiary/aromatic N) is 3. The first-order valence-corrected chi connectivity index (χ1v) is 15.8. The van der Waals surface area contributed by atoms with Crippen LogP contribution in [0.4, 0.5) is 10.1 Å². The lowest BCUT2D eigenvalue weighted by Crippen LogP contribution is -2.18. The maximum atomic E-state index is 13.7. The predicted molar refractivity (Wildman–Crippen MR) is 178 cm³/mol. The molecular formula is C34H31FN4O2S2. The lowest BCUT2D eigenvalue weighted by atomic mass is 9.97. The van der Waals surface area contributed by atoms with Crippen molar-refractivity contribution in [2.45, 2.75) is 6.54 Å². The van der Waals surface area contributed by atoms with E-state index in [2.05, 4.69) is 65.0 Å². The summed E-state index contributed by atoms with van der Waals surface area (Å²) in [7, 11) is 7.73. The lowest BCUT2D eigenvalue weighted by molar-refractivity contribution is 0.0964. The van der Waals surface area contributed by atoms with Crippen LogP contribution in [0.15, 0.2) is 83.3 Å². The van der Waals surface area contributed by atoms with Crippen LogP contribution >= 0.6 is 23.3 Å². The molecule has 6 nitrogen and oxygen atoms in total. The number of rotatable bonds is 8. The van der Waals surface area contributed by atoms with E-state index >= 15 is 0 Å². The van der Waals surface area contributed by atoms with Gasteiger partial charge in [-0.15, -0.1) is 11.3 Å². The quantitative estimate of drug-likeness (QED) is 0.175. The van der Waals surface area contributed by atoms with E-state index in [0.717, 1.165) is 44.1 Å². The summed E-state index contributed by atoms with van der Waals surface area (Å²) in [6, 6.07) is 24.8. The SMILES string of the molecule is CNC(=O)c1c(-c2ccc(F)cc2)oc2cc(N(C)SC)c(-c3cccc(-c4nc5ccc(CN(C)C)cc5s4)c3)cc12. The van der Waals surface area contributed by atoms with Gasteiger partial charge in [0.25, 0.3) is 5.91 Å². The zero-order valence-electron chi connectivity index (χ0n) is 24.6. The Hall–Kier alpha value is -4.18. The first-order chi connectivity index (χ1) is 20.7. The third kappa shape index (κ3) is 5.63. The summed E-state index contributed by atoms with van der Waals surface area (Å²) >= 11 is 3.27. The summed E-state index contributed by atoms with van der Waals surface area (Å²) < 4.78 is 23.2. The van der Waals surface area contributed by atoms with Crippen LogP contribution in [0.3, 0.4) is 0 Å². The second-order valence-electron chi connectivity index (χ2n) is 10.6. The number of carbonyl (C=O) groups excluding carboxylic acids is 1. The average Bonchev–Trinajstić information content (AvgIpc) is 3.61. The average molecular weight is 611 g/mol. The van der Waals surface area contributed by atoms with Crippen LogP contribution in [0.5, 0.6) is 0 Å². The molecule has 1 amide bonds.